The van der Waals surface area contributed by atoms with Gasteiger partial charge in [0.1, 0.15) is 5.82 Å². The summed E-state index contributed by atoms with van der Waals surface area (Å²) in [6.45, 7) is 2.11. The van der Waals surface area contributed by atoms with E-state index in [1.807, 2.05) is 12.3 Å². The first-order chi connectivity index (χ1) is 7.84. The molecule has 2 aromatic rings. The first-order valence-electron chi connectivity index (χ1n) is 5.82. The Kier molecular flexibility index (Phi) is 2.40. The number of benzene rings is 1. The lowest BCUT2D eigenvalue weighted by molar-refractivity contribution is 0.463. The van der Waals surface area contributed by atoms with E-state index < -0.39 is 0 Å². The molecule has 84 valence electrons. The summed E-state index contributed by atoms with van der Waals surface area (Å²) < 4.78 is 13.2. The first kappa shape index (κ1) is 9.85. The van der Waals surface area contributed by atoms with Crippen LogP contribution in [0.2, 0.25) is 0 Å². The summed E-state index contributed by atoms with van der Waals surface area (Å²) >= 11 is 0. The maximum Gasteiger partial charge on any atom is 0.123 e. The largest absolute Gasteiger partial charge is 0.361 e. The van der Waals surface area contributed by atoms with Gasteiger partial charge < -0.3 is 10.3 Å². The Labute approximate surface area is 93.9 Å². The molecule has 2 heterocycles. The van der Waals surface area contributed by atoms with Crippen LogP contribution in [0.3, 0.4) is 0 Å². The van der Waals surface area contributed by atoms with Crippen molar-refractivity contribution in [3.63, 3.8) is 0 Å². The van der Waals surface area contributed by atoms with Crippen LogP contribution in [0.15, 0.2) is 24.4 Å². The Morgan fingerprint density at radius 3 is 3.06 bits per heavy atom. The molecule has 0 bridgehead atoms. The smallest absolute Gasteiger partial charge is 0.123 e. The van der Waals surface area contributed by atoms with Crippen molar-refractivity contribution < 1.29 is 4.39 Å². The fourth-order valence-electron chi connectivity index (χ4n) is 2.57. The van der Waals surface area contributed by atoms with E-state index in [1.54, 1.807) is 6.07 Å². The summed E-state index contributed by atoms with van der Waals surface area (Å²) in [5, 5.41) is 4.43. The van der Waals surface area contributed by atoms with Crippen molar-refractivity contribution in [3.05, 3.63) is 35.8 Å². The van der Waals surface area contributed by atoms with E-state index in [9.17, 15) is 4.39 Å². The average Bonchev–Trinajstić information content (AvgIpc) is 2.73. The summed E-state index contributed by atoms with van der Waals surface area (Å²) in [5.41, 5.74) is 2.28. The Bertz CT molecular complexity index is 498. The van der Waals surface area contributed by atoms with Crippen LogP contribution in [-0.2, 0) is 0 Å². The van der Waals surface area contributed by atoms with Crippen molar-refractivity contribution >= 4 is 10.9 Å². The lowest BCUT2D eigenvalue weighted by atomic mass is 9.91. The van der Waals surface area contributed by atoms with E-state index in [0.29, 0.717) is 5.92 Å². The molecule has 0 saturated carbocycles. The molecule has 1 aliphatic rings. The summed E-state index contributed by atoms with van der Waals surface area (Å²) in [6.07, 6.45) is 4.42. The van der Waals surface area contributed by atoms with E-state index >= 15 is 0 Å². The quantitative estimate of drug-likeness (QED) is 0.756. The SMILES string of the molecule is Fc1ccc2[nH]cc([C@H]3CCCNC3)c2c1. The van der Waals surface area contributed by atoms with Gasteiger partial charge >= 0.3 is 0 Å². The third-order valence-corrected chi connectivity index (χ3v) is 3.41. The normalized spacial score (nSPS) is 21.4. The predicted molar refractivity (Wildman–Crippen MR) is 63.1 cm³/mol. The molecular formula is C13H15FN2. The highest BCUT2D eigenvalue weighted by molar-refractivity contribution is 5.83. The zero-order valence-corrected chi connectivity index (χ0v) is 9.09. The van der Waals surface area contributed by atoms with Gasteiger partial charge in [0.05, 0.1) is 0 Å². The molecule has 1 atom stereocenters. The highest BCUT2D eigenvalue weighted by atomic mass is 19.1. The van der Waals surface area contributed by atoms with Gasteiger partial charge in [0.15, 0.2) is 0 Å². The van der Waals surface area contributed by atoms with E-state index in [0.717, 1.165) is 24.0 Å². The Morgan fingerprint density at radius 1 is 1.31 bits per heavy atom. The second-order valence-electron chi connectivity index (χ2n) is 4.48. The lowest BCUT2D eigenvalue weighted by Gasteiger charge is -2.22. The van der Waals surface area contributed by atoms with Crippen molar-refractivity contribution in [1.82, 2.24) is 10.3 Å². The van der Waals surface area contributed by atoms with Crippen LogP contribution in [0.1, 0.15) is 24.3 Å². The first-order valence-corrected chi connectivity index (χ1v) is 5.82. The van der Waals surface area contributed by atoms with Gasteiger partial charge in [0.25, 0.3) is 0 Å². The molecule has 3 heteroatoms. The zero-order chi connectivity index (χ0) is 11.0. The molecule has 1 saturated heterocycles. The highest BCUT2D eigenvalue weighted by Crippen LogP contribution is 2.30. The zero-order valence-electron chi connectivity index (χ0n) is 9.09. The summed E-state index contributed by atoms with van der Waals surface area (Å²) in [5.74, 6) is 0.362. The second kappa shape index (κ2) is 3.91. The molecule has 1 fully saturated rings. The third kappa shape index (κ3) is 1.61. The molecule has 0 amide bonds. The molecular weight excluding hydrogens is 203 g/mol. The lowest BCUT2D eigenvalue weighted by Crippen LogP contribution is -2.28. The van der Waals surface area contributed by atoms with Gasteiger partial charge in [-0.25, -0.2) is 4.39 Å². The Morgan fingerprint density at radius 2 is 2.25 bits per heavy atom. The fourth-order valence-corrected chi connectivity index (χ4v) is 2.57. The number of piperidine rings is 1. The van der Waals surface area contributed by atoms with Gasteiger partial charge in [0.2, 0.25) is 0 Å². The number of hydrogen-bond donors (Lipinski definition) is 2. The minimum atomic E-state index is -0.155. The highest BCUT2D eigenvalue weighted by Gasteiger charge is 2.18. The van der Waals surface area contributed by atoms with Gasteiger partial charge in [-0.2, -0.15) is 0 Å². The average molecular weight is 218 g/mol. The van der Waals surface area contributed by atoms with Gasteiger partial charge in [-0.15, -0.1) is 0 Å². The van der Waals surface area contributed by atoms with Crippen LogP contribution in [0.5, 0.6) is 0 Å². The van der Waals surface area contributed by atoms with Crippen molar-refractivity contribution in [2.75, 3.05) is 13.1 Å². The van der Waals surface area contributed by atoms with Crippen molar-refractivity contribution in [2.24, 2.45) is 0 Å². The molecule has 0 radical (unpaired) electrons. The minimum absolute atomic E-state index is 0.155. The monoisotopic (exact) mass is 218 g/mol. The molecule has 3 rings (SSSR count). The molecule has 0 aliphatic carbocycles. The van der Waals surface area contributed by atoms with Gasteiger partial charge in [-0.05, 0) is 49.1 Å². The summed E-state index contributed by atoms with van der Waals surface area (Å²) in [4.78, 5) is 3.22. The maximum absolute atomic E-state index is 13.2. The van der Waals surface area contributed by atoms with Crippen molar-refractivity contribution in [1.29, 1.82) is 0 Å². The summed E-state index contributed by atoms with van der Waals surface area (Å²) in [7, 11) is 0. The van der Waals surface area contributed by atoms with Crippen molar-refractivity contribution in [3.8, 4) is 0 Å². The number of nitrogens with one attached hydrogen (secondary N) is 2. The molecule has 2 nitrogen and oxygen atoms in total. The molecule has 2 N–H and O–H groups in total. The number of H-pyrrole nitrogens is 1. The van der Waals surface area contributed by atoms with Crippen LogP contribution < -0.4 is 5.32 Å². The standard InChI is InChI=1S/C13H15FN2/c14-10-3-4-13-11(6-10)12(8-16-13)9-2-1-5-15-7-9/h3-4,6,8-9,15-16H,1-2,5,7H2/t9-/m0/s1. The van der Waals surface area contributed by atoms with Gasteiger partial charge in [-0.1, -0.05) is 0 Å². The molecule has 1 aliphatic heterocycles. The minimum Gasteiger partial charge on any atom is -0.361 e. The number of fused-ring (bicyclic) bond motifs is 1. The molecule has 0 spiro atoms. The van der Waals surface area contributed by atoms with Gasteiger partial charge in [0, 0.05) is 23.6 Å². The van der Waals surface area contributed by atoms with E-state index in [1.165, 1.54) is 24.5 Å². The number of aromatic nitrogens is 1. The van der Waals surface area contributed by atoms with E-state index in [2.05, 4.69) is 10.3 Å². The molecule has 1 aromatic heterocycles. The Hall–Kier alpha value is -1.35. The number of aromatic amines is 1. The van der Waals surface area contributed by atoms with Crippen LogP contribution >= 0.6 is 0 Å². The number of rotatable bonds is 1. The fraction of sp³-hybridized carbons (Fsp3) is 0.385. The van der Waals surface area contributed by atoms with Crippen LogP contribution in [0.4, 0.5) is 4.39 Å². The molecule has 16 heavy (non-hydrogen) atoms. The van der Waals surface area contributed by atoms with E-state index in [-0.39, 0.29) is 5.82 Å². The topological polar surface area (TPSA) is 27.8 Å². The number of halogens is 1. The van der Waals surface area contributed by atoms with E-state index in [4.69, 9.17) is 0 Å². The number of hydrogen-bond acceptors (Lipinski definition) is 1. The van der Waals surface area contributed by atoms with Crippen LogP contribution in [-0.4, -0.2) is 18.1 Å². The maximum atomic E-state index is 13.2. The van der Waals surface area contributed by atoms with Crippen LogP contribution in [0, 0.1) is 5.82 Å². The molecule has 1 aromatic carbocycles. The third-order valence-electron chi connectivity index (χ3n) is 3.41. The molecule has 0 unspecified atom stereocenters. The summed E-state index contributed by atoms with van der Waals surface area (Å²) in [6, 6.07) is 4.95. The second-order valence-corrected chi connectivity index (χ2v) is 4.48. The Balaban J connectivity index is 2.05. The van der Waals surface area contributed by atoms with Crippen molar-refractivity contribution in [2.45, 2.75) is 18.8 Å². The predicted octanol–water partition coefficient (Wildman–Crippen LogP) is 2.77. The van der Waals surface area contributed by atoms with Crippen LogP contribution in [0.25, 0.3) is 10.9 Å². The van der Waals surface area contributed by atoms with Gasteiger partial charge in [-0.3, -0.25) is 0 Å².